The predicted molar refractivity (Wildman–Crippen MR) is 64.3 cm³/mol. The van der Waals surface area contributed by atoms with Crippen LogP contribution in [0.3, 0.4) is 0 Å². The van der Waals surface area contributed by atoms with Crippen LogP contribution in [0.15, 0.2) is 36.4 Å². The zero-order valence-corrected chi connectivity index (χ0v) is 8.97. The first-order valence-corrected chi connectivity index (χ1v) is 4.91. The highest BCUT2D eigenvalue weighted by Gasteiger charge is 2.01. The standard InChI is InChI=1S/C12H13N3O/c1-8-3-2-4-9(7-8)16-11-6-5-10(13)12(14)15-11/h2-7H,13H2,1H3,(H2,14,15). The van der Waals surface area contributed by atoms with Gasteiger partial charge in [0.15, 0.2) is 5.82 Å². The number of anilines is 2. The second-order valence-electron chi connectivity index (χ2n) is 3.54. The molecule has 16 heavy (non-hydrogen) atoms. The molecule has 0 spiro atoms. The molecular formula is C12H13N3O. The summed E-state index contributed by atoms with van der Waals surface area (Å²) in [5.41, 5.74) is 12.7. The minimum absolute atomic E-state index is 0.283. The van der Waals surface area contributed by atoms with E-state index in [4.69, 9.17) is 16.2 Å². The van der Waals surface area contributed by atoms with Gasteiger partial charge in [0.2, 0.25) is 5.88 Å². The average Bonchev–Trinajstić information content (AvgIpc) is 2.24. The van der Waals surface area contributed by atoms with E-state index in [1.54, 1.807) is 12.1 Å². The maximum atomic E-state index is 5.59. The quantitative estimate of drug-likeness (QED) is 0.806. The number of ether oxygens (including phenoxy) is 1. The van der Waals surface area contributed by atoms with Crippen molar-refractivity contribution >= 4 is 11.5 Å². The molecule has 0 unspecified atom stereocenters. The van der Waals surface area contributed by atoms with Gasteiger partial charge in [-0.05, 0) is 30.7 Å². The lowest BCUT2D eigenvalue weighted by atomic mass is 10.2. The summed E-state index contributed by atoms with van der Waals surface area (Å²) < 4.78 is 5.55. The van der Waals surface area contributed by atoms with Gasteiger partial charge in [-0.2, -0.15) is 4.98 Å². The summed E-state index contributed by atoms with van der Waals surface area (Å²) in [6.45, 7) is 2.00. The maximum absolute atomic E-state index is 5.59. The highest BCUT2D eigenvalue weighted by Crippen LogP contribution is 2.23. The fraction of sp³-hybridized carbons (Fsp3) is 0.0833. The molecule has 0 aliphatic rings. The highest BCUT2D eigenvalue weighted by atomic mass is 16.5. The Morgan fingerprint density at radius 2 is 1.94 bits per heavy atom. The lowest BCUT2D eigenvalue weighted by molar-refractivity contribution is 0.463. The Morgan fingerprint density at radius 3 is 2.62 bits per heavy atom. The number of hydrogen-bond acceptors (Lipinski definition) is 4. The summed E-state index contributed by atoms with van der Waals surface area (Å²) in [7, 11) is 0. The van der Waals surface area contributed by atoms with Crippen LogP contribution < -0.4 is 16.2 Å². The SMILES string of the molecule is Cc1cccc(Oc2ccc(N)c(N)n2)c1. The van der Waals surface area contributed by atoms with Crippen molar-refractivity contribution in [1.82, 2.24) is 4.98 Å². The van der Waals surface area contributed by atoms with Gasteiger partial charge in [0.25, 0.3) is 0 Å². The molecule has 2 aromatic rings. The number of benzene rings is 1. The van der Waals surface area contributed by atoms with Crippen molar-refractivity contribution in [2.24, 2.45) is 0 Å². The van der Waals surface area contributed by atoms with Crippen molar-refractivity contribution in [3.05, 3.63) is 42.0 Å². The first-order valence-electron chi connectivity index (χ1n) is 4.91. The van der Waals surface area contributed by atoms with E-state index in [0.717, 1.165) is 11.3 Å². The fourth-order valence-corrected chi connectivity index (χ4v) is 1.32. The van der Waals surface area contributed by atoms with Crippen molar-refractivity contribution < 1.29 is 4.74 Å². The van der Waals surface area contributed by atoms with Crippen LogP contribution >= 0.6 is 0 Å². The molecule has 0 bridgehead atoms. The minimum atomic E-state index is 0.283. The Balaban J connectivity index is 2.24. The van der Waals surface area contributed by atoms with Gasteiger partial charge in [0.1, 0.15) is 5.75 Å². The number of pyridine rings is 1. The van der Waals surface area contributed by atoms with Crippen molar-refractivity contribution in [2.45, 2.75) is 6.92 Å². The number of rotatable bonds is 2. The molecule has 1 aromatic carbocycles. The molecule has 0 atom stereocenters. The van der Waals surface area contributed by atoms with E-state index in [0.29, 0.717) is 11.6 Å². The minimum Gasteiger partial charge on any atom is -0.439 e. The van der Waals surface area contributed by atoms with Gasteiger partial charge in [0, 0.05) is 6.07 Å². The van der Waals surface area contributed by atoms with Gasteiger partial charge >= 0.3 is 0 Å². The Labute approximate surface area is 93.9 Å². The number of nitrogens with two attached hydrogens (primary N) is 2. The number of aryl methyl sites for hydroxylation is 1. The molecule has 4 N–H and O–H groups in total. The first-order chi connectivity index (χ1) is 7.65. The Kier molecular flexibility index (Phi) is 2.64. The van der Waals surface area contributed by atoms with Gasteiger partial charge < -0.3 is 16.2 Å². The Bertz CT molecular complexity index is 511. The third-order valence-electron chi connectivity index (χ3n) is 2.14. The van der Waals surface area contributed by atoms with E-state index in [1.807, 2.05) is 31.2 Å². The van der Waals surface area contributed by atoms with E-state index >= 15 is 0 Å². The lowest BCUT2D eigenvalue weighted by Gasteiger charge is -2.06. The normalized spacial score (nSPS) is 10.1. The van der Waals surface area contributed by atoms with Gasteiger partial charge in [0.05, 0.1) is 5.69 Å². The van der Waals surface area contributed by atoms with E-state index < -0.39 is 0 Å². The van der Waals surface area contributed by atoms with Crippen LogP contribution in [0.1, 0.15) is 5.56 Å². The molecule has 1 heterocycles. The number of hydrogen-bond donors (Lipinski definition) is 2. The van der Waals surface area contributed by atoms with Crippen LogP contribution in [-0.4, -0.2) is 4.98 Å². The van der Waals surface area contributed by atoms with Crippen molar-refractivity contribution in [2.75, 3.05) is 11.5 Å². The highest BCUT2D eigenvalue weighted by molar-refractivity contribution is 5.58. The molecule has 4 heteroatoms. The summed E-state index contributed by atoms with van der Waals surface area (Å²) in [6.07, 6.45) is 0. The second kappa shape index (κ2) is 4.10. The molecule has 2 rings (SSSR count). The van der Waals surface area contributed by atoms with Crippen molar-refractivity contribution in [3.8, 4) is 11.6 Å². The van der Waals surface area contributed by atoms with E-state index in [-0.39, 0.29) is 5.82 Å². The summed E-state index contributed by atoms with van der Waals surface area (Å²) >= 11 is 0. The zero-order chi connectivity index (χ0) is 11.5. The summed E-state index contributed by atoms with van der Waals surface area (Å²) in [6, 6.07) is 11.1. The second-order valence-corrected chi connectivity index (χ2v) is 3.54. The molecule has 0 saturated carbocycles. The fourth-order valence-electron chi connectivity index (χ4n) is 1.32. The van der Waals surface area contributed by atoms with E-state index in [9.17, 15) is 0 Å². The monoisotopic (exact) mass is 215 g/mol. The Hall–Kier alpha value is -2.23. The molecule has 1 aromatic heterocycles. The van der Waals surface area contributed by atoms with Crippen LogP contribution in [0.5, 0.6) is 11.6 Å². The number of aromatic nitrogens is 1. The third-order valence-corrected chi connectivity index (χ3v) is 2.14. The van der Waals surface area contributed by atoms with Crippen LogP contribution in [0.2, 0.25) is 0 Å². The molecule has 4 nitrogen and oxygen atoms in total. The molecule has 0 radical (unpaired) electrons. The summed E-state index contributed by atoms with van der Waals surface area (Å²) in [5.74, 6) is 1.46. The molecule has 0 amide bonds. The summed E-state index contributed by atoms with van der Waals surface area (Å²) in [5, 5.41) is 0. The van der Waals surface area contributed by atoms with Gasteiger partial charge in [-0.1, -0.05) is 12.1 Å². The number of nitrogen functional groups attached to an aromatic ring is 2. The third kappa shape index (κ3) is 2.23. The average molecular weight is 215 g/mol. The predicted octanol–water partition coefficient (Wildman–Crippen LogP) is 2.35. The van der Waals surface area contributed by atoms with E-state index in [2.05, 4.69) is 4.98 Å². The Morgan fingerprint density at radius 1 is 1.12 bits per heavy atom. The van der Waals surface area contributed by atoms with Crippen LogP contribution in [0.25, 0.3) is 0 Å². The van der Waals surface area contributed by atoms with Crippen molar-refractivity contribution in [1.29, 1.82) is 0 Å². The van der Waals surface area contributed by atoms with Crippen LogP contribution in [0.4, 0.5) is 11.5 Å². The first kappa shape index (κ1) is 10.3. The smallest absolute Gasteiger partial charge is 0.221 e. The van der Waals surface area contributed by atoms with Crippen LogP contribution in [-0.2, 0) is 0 Å². The van der Waals surface area contributed by atoms with Crippen molar-refractivity contribution in [3.63, 3.8) is 0 Å². The molecule has 0 aliphatic heterocycles. The maximum Gasteiger partial charge on any atom is 0.221 e. The molecular weight excluding hydrogens is 202 g/mol. The summed E-state index contributed by atoms with van der Waals surface area (Å²) in [4.78, 5) is 4.03. The molecule has 0 aliphatic carbocycles. The lowest BCUT2D eigenvalue weighted by Crippen LogP contribution is -1.98. The van der Waals surface area contributed by atoms with Crippen LogP contribution in [0, 0.1) is 6.92 Å². The van der Waals surface area contributed by atoms with Gasteiger partial charge in [-0.15, -0.1) is 0 Å². The molecule has 0 fully saturated rings. The van der Waals surface area contributed by atoms with Gasteiger partial charge in [-0.3, -0.25) is 0 Å². The molecule has 82 valence electrons. The largest absolute Gasteiger partial charge is 0.439 e. The van der Waals surface area contributed by atoms with E-state index in [1.165, 1.54) is 0 Å². The number of nitrogens with zero attached hydrogens (tertiary/aromatic N) is 1. The zero-order valence-electron chi connectivity index (χ0n) is 8.97. The topological polar surface area (TPSA) is 74.2 Å². The van der Waals surface area contributed by atoms with Gasteiger partial charge in [-0.25, -0.2) is 0 Å². The molecule has 0 saturated heterocycles.